The predicted octanol–water partition coefficient (Wildman–Crippen LogP) is 4.95. The molecule has 0 spiro atoms. The molecule has 1 fully saturated rings. The Labute approximate surface area is 189 Å². The Balaban J connectivity index is 1.26. The topological polar surface area (TPSA) is 75.0 Å². The van der Waals surface area contributed by atoms with Gasteiger partial charge in [-0.2, -0.15) is 5.10 Å². The lowest BCUT2D eigenvalue weighted by Gasteiger charge is -2.30. The van der Waals surface area contributed by atoms with Gasteiger partial charge in [-0.05, 0) is 60.9 Å². The fourth-order valence-corrected chi connectivity index (χ4v) is 4.17. The molecule has 1 N–H and O–H groups in total. The summed E-state index contributed by atoms with van der Waals surface area (Å²) in [5, 5.41) is 7.01. The molecule has 1 unspecified atom stereocenters. The monoisotopic (exact) mass is 448 g/mol. The van der Waals surface area contributed by atoms with Gasteiger partial charge in [0.25, 0.3) is 5.91 Å². The molecular formula is C25H22F2N4O2. The molecule has 2 aromatic carbocycles. The summed E-state index contributed by atoms with van der Waals surface area (Å²) in [6.07, 6.45) is 3.83. The van der Waals surface area contributed by atoms with Gasteiger partial charge in [-0.15, -0.1) is 0 Å². The number of hydrogen-bond acceptors (Lipinski definition) is 4. The van der Waals surface area contributed by atoms with Gasteiger partial charge in [-0.25, -0.2) is 13.8 Å². The van der Waals surface area contributed by atoms with E-state index < -0.39 is 0 Å². The minimum Gasteiger partial charge on any atom is -0.445 e. The molecule has 1 atom stereocenters. The molecule has 33 heavy (non-hydrogen) atoms. The van der Waals surface area contributed by atoms with Gasteiger partial charge < -0.3 is 9.32 Å². The first-order chi connectivity index (χ1) is 16.0. The van der Waals surface area contributed by atoms with Crippen LogP contribution in [0.2, 0.25) is 0 Å². The Hall–Kier alpha value is -3.81. The highest BCUT2D eigenvalue weighted by Gasteiger charge is 2.29. The van der Waals surface area contributed by atoms with E-state index in [0.29, 0.717) is 42.5 Å². The number of amides is 1. The number of rotatable bonds is 5. The Morgan fingerprint density at radius 3 is 2.79 bits per heavy atom. The maximum Gasteiger partial charge on any atom is 0.271 e. The third-order valence-electron chi connectivity index (χ3n) is 5.84. The number of likely N-dealkylation sites (tertiary alicyclic amines) is 1. The van der Waals surface area contributed by atoms with E-state index in [9.17, 15) is 13.6 Å². The predicted molar refractivity (Wildman–Crippen MR) is 118 cm³/mol. The lowest BCUT2D eigenvalue weighted by atomic mass is 9.97. The van der Waals surface area contributed by atoms with Crippen LogP contribution in [0.3, 0.4) is 0 Å². The summed E-state index contributed by atoms with van der Waals surface area (Å²) in [5.74, 6) is 0.494. The highest BCUT2D eigenvalue weighted by atomic mass is 19.1. The normalized spacial score (nSPS) is 16.2. The van der Waals surface area contributed by atoms with Gasteiger partial charge in [-0.3, -0.25) is 9.89 Å². The van der Waals surface area contributed by atoms with Crippen molar-refractivity contribution in [3.63, 3.8) is 0 Å². The number of halogens is 2. The van der Waals surface area contributed by atoms with Gasteiger partial charge >= 0.3 is 0 Å². The van der Waals surface area contributed by atoms with Crippen LogP contribution in [0.25, 0.3) is 11.3 Å². The number of piperidine rings is 1. The molecule has 1 aliphatic heterocycles. The molecule has 168 valence electrons. The van der Waals surface area contributed by atoms with Gasteiger partial charge in [0.1, 0.15) is 23.1 Å². The number of nitrogens with zero attached hydrogens (tertiary/aromatic N) is 3. The van der Waals surface area contributed by atoms with E-state index in [1.807, 2.05) is 6.07 Å². The van der Waals surface area contributed by atoms with Crippen LogP contribution >= 0.6 is 0 Å². The standard InChI is InChI=1S/C25H22F2N4O2/c26-19-8-6-17(7-9-19)22-13-23(30-29-22)25(32)31-10-2-4-18(15-31)24-28-14-21(33-24)12-16-3-1-5-20(27)11-16/h1,3,5-9,11,13-14,18H,2,4,10,12,15H2,(H,29,30). The maximum atomic E-state index is 13.4. The van der Waals surface area contributed by atoms with Crippen molar-refractivity contribution < 1.29 is 18.0 Å². The SMILES string of the molecule is O=C(c1cc(-c2ccc(F)cc2)n[nH]1)N1CCCC(c2ncc(Cc3cccc(F)c3)o2)C1. The summed E-state index contributed by atoms with van der Waals surface area (Å²) >= 11 is 0. The largest absolute Gasteiger partial charge is 0.445 e. The van der Waals surface area contributed by atoms with E-state index in [1.165, 1.54) is 24.3 Å². The highest BCUT2D eigenvalue weighted by Crippen LogP contribution is 2.28. The third kappa shape index (κ3) is 4.69. The van der Waals surface area contributed by atoms with Crippen molar-refractivity contribution in [2.45, 2.75) is 25.2 Å². The van der Waals surface area contributed by atoms with Crippen LogP contribution in [0, 0.1) is 11.6 Å². The zero-order chi connectivity index (χ0) is 22.8. The molecule has 6 nitrogen and oxygen atoms in total. The van der Waals surface area contributed by atoms with Crippen LogP contribution in [0.15, 0.2) is 65.2 Å². The number of benzene rings is 2. The number of carbonyl (C=O) groups excluding carboxylic acids is 1. The number of carbonyl (C=O) groups is 1. The second kappa shape index (κ2) is 8.97. The Morgan fingerprint density at radius 2 is 1.97 bits per heavy atom. The van der Waals surface area contributed by atoms with E-state index in [1.54, 1.807) is 35.4 Å². The van der Waals surface area contributed by atoms with E-state index in [0.717, 1.165) is 24.0 Å². The Kier molecular flexibility index (Phi) is 5.73. The van der Waals surface area contributed by atoms with Gasteiger partial charge in [0.15, 0.2) is 5.89 Å². The highest BCUT2D eigenvalue weighted by molar-refractivity contribution is 5.93. The molecule has 0 saturated carbocycles. The van der Waals surface area contributed by atoms with Gasteiger partial charge in [0.05, 0.1) is 17.8 Å². The fourth-order valence-electron chi connectivity index (χ4n) is 4.17. The zero-order valence-electron chi connectivity index (χ0n) is 17.8. The molecular weight excluding hydrogens is 426 g/mol. The van der Waals surface area contributed by atoms with E-state index in [-0.39, 0.29) is 23.5 Å². The van der Waals surface area contributed by atoms with Crippen molar-refractivity contribution in [1.82, 2.24) is 20.1 Å². The number of H-pyrrole nitrogens is 1. The lowest BCUT2D eigenvalue weighted by Crippen LogP contribution is -2.39. The van der Waals surface area contributed by atoms with Crippen molar-refractivity contribution in [2.24, 2.45) is 0 Å². The molecule has 0 bridgehead atoms. The Morgan fingerprint density at radius 1 is 1.12 bits per heavy atom. The number of hydrogen-bond donors (Lipinski definition) is 1. The average molecular weight is 448 g/mol. The first-order valence-electron chi connectivity index (χ1n) is 10.8. The summed E-state index contributed by atoms with van der Waals surface area (Å²) in [7, 11) is 0. The molecule has 5 rings (SSSR count). The van der Waals surface area contributed by atoms with Crippen molar-refractivity contribution in [2.75, 3.05) is 13.1 Å². The summed E-state index contributed by atoms with van der Waals surface area (Å²) in [4.78, 5) is 19.3. The quantitative estimate of drug-likeness (QED) is 0.469. The molecule has 1 amide bonds. The number of oxazole rings is 1. The minimum absolute atomic E-state index is 0.0107. The molecule has 2 aromatic heterocycles. The van der Waals surface area contributed by atoms with Crippen LogP contribution in [0.5, 0.6) is 0 Å². The van der Waals surface area contributed by atoms with Crippen LogP contribution < -0.4 is 0 Å². The number of aromatic nitrogens is 3. The molecule has 0 aliphatic carbocycles. The van der Waals surface area contributed by atoms with Gasteiger partial charge in [0.2, 0.25) is 0 Å². The molecule has 1 aliphatic rings. The fraction of sp³-hybridized carbons (Fsp3) is 0.240. The Bertz CT molecular complexity index is 1270. The minimum atomic E-state index is -0.324. The maximum absolute atomic E-state index is 13.4. The average Bonchev–Trinajstić information content (AvgIpc) is 3.50. The summed E-state index contributed by atoms with van der Waals surface area (Å²) in [5.41, 5.74) is 2.51. The molecule has 0 radical (unpaired) electrons. The molecule has 3 heterocycles. The second-order valence-corrected chi connectivity index (χ2v) is 8.24. The smallest absolute Gasteiger partial charge is 0.271 e. The van der Waals surface area contributed by atoms with Crippen molar-refractivity contribution in [3.05, 3.63) is 95.3 Å². The van der Waals surface area contributed by atoms with Crippen LogP contribution in [0.4, 0.5) is 8.78 Å². The van der Waals surface area contributed by atoms with E-state index in [2.05, 4.69) is 15.2 Å². The van der Waals surface area contributed by atoms with Crippen molar-refractivity contribution in [3.8, 4) is 11.3 Å². The number of nitrogens with one attached hydrogen (secondary N) is 1. The lowest BCUT2D eigenvalue weighted by molar-refractivity contribution is 0.0692. The second-order valence-electron chi connectivity index (χ2n) is 8.24. The van der Waals surface area contributed by atoms with E-state index >= 15 is 0 Å². The first kappa shape index (κ1) is 21.1. The van der Waals surface area contributed by atoms with Gasteiger partial charge in [0, 0.05) is 25.1 Å². The van der Waals surface area contributed by atoms with Crippen molar-refractivity contribution >= 4 is 5.91 Å². The molecule has 4 aromatic rings. The first-order valence-corrected chi connectivity index (χ1v) is 10.8. The third-order valence-corrected chi connectivity index (χ3v) is 5.84. The summed E-state index contributed by atoms with van der Waals surface area (Å²) in [6, 6.07) is 14.1. The zero-order valence-corrected chi connectivity index (χ0v) is 17.8. The van der Waals surface area contributed by atoms with E-state index in [4.69, 9.17) is 4.42 Å². The summed E-state index contributed by atoms with van der Waals surface area (Å²) in [6.45, 7) is 1.13. The molecule has 1 saturated heterocycles. The van der Waals surface area contributed by atoms with Crippen molar-refractivity contribution in [1.29, 1.82) is 0 Å². The van der Waals surface area contributed by atoms with Crippen LogP contribution in [-0.4, -0.2) is 39.1 Å². The van der Waals surface area contributed by atoms with Gasteiger partial charge in [-0.1, -0.05) is 12.1 Å². The number of aromatic amines is 1. The molecule has 8 heteroatoms. The van der Waals surface area contributed by atoms with Crippen LogP contribution in [-0.2, 0) is 6.42 Å². The summed E-state index contributed by atoms with van der Waals surface area (Å²) < 4.78 is 32.5. The van der Waals surface area contributed by atoms with Crippen LogP contribution in [0.1, 0.15) is 46.5 Å².